The quantitative estimate of drug-likeness (QED) is 0.186. The van der Waals surface area contributed by atoms with E-state index < -0.39 is 0 Å². The number of benzene rings is 6. The van der Waals surface area contributed by atoms with Crippen molar-refractivity contribution in [3.63, 3.8) is 0 Å². The Morgan fingerprint density at radius 2 is 1.02 bits per heavy atom. The lowest BCUT2D eigenvalue weighted by molar-refractivity contribution is 1.17. The number of fused-ring (bicyclic) bond motifs is 6. The number of aromatic nitrogens is 4. The molecule has 0 fully saturated rings. The molecule has 3 heterocycles. The SMILES string of the molecule is c1ccc(-c2nc(-c3ccc(-c4ccc5c6c(cccc46)-c4ccccc4-5)cc3)cc(-c3ccc4ccc5cccnc5c4n3)n2)cc1. The normalized spacial score (nSPS) is 11.8. The van der Waals surface area contributed by atoms with Crippen LogP contribution in [0, 0.1) is 0 Å². The topological polar surface area (TPSA) is 51.6 Å². The predicted octanol–water partition coefficient (Wildman–Crippen LogP) is 11.0. The summed E-state index contributed by atoms with van der Waals surface area (Å²) in [5.41, 5.74) is 13.8. The lowest BCUT2D eigenvalue weighted by atomic mass is 9.93. The Hall–Kier alpha value is -6.52. The van der Waals surface area contributed by atoms with Crippen molar-refractivity contribution in [1.82, 2.24) is 19.9 Å². The number of pyridine rings is 2. The van der Waals surface area contributed by atoms with E-state index in [1.807, 2.05) is 54.7 Å². The first-order valence-electron chi connectivity index (χ1n) is 16.1. The fourth-order valence-corrected chi connectivity index (χ4v) is 7.19. The first kappa shape index (κ1) is 26.7. The van der Waals surface area contributed by atoms with Gasteiger partial charge >= 0.3 is 0 Å². The Balaban J connectivity index is 1.09. The summed E-state index contributed by atoms with van der Waals surface area (Å²) in [6, 6.07) is 53.2. The molecule has 10 rings (SSSR count). The third kappa shape index (κ3) is 4.16. The Labute approximate surface area is 277 Å². The highest BCUT2D eigenvalue weighted by Gasteiger charge is 2.22. The van der Waals surface area contributed by atoms with Crippen LogP contribution in [0.1, 0.15) is 0 Å². The fraction of sp³-hybridized carbons (Fsp3) is 0. The molecule has 0 radical (unpaired) electrons. The Morgan fingerprint density at radius 3 is 1.85 bits per heavy atom. The van der Waals surface area contributed by atoms with Crippen molar-refractivity contribution in [2.24, 2.45) is 0 Å². The molecule has 0 unspecified atom stereocenters. The summed E-state index contributed by atoms with van der Waals surface area (Å²) in [7, 11) is 0. The molecule has 1 aliphatic carbocycles. The fourth-order valence-electron chi connectivity index (χ4n) is 7.19. The number of rotatable bonds is 4. The van der Waals surface area contributed by atoms with Gasteiger partial charge in [-0.1, -0.05) is 133 Å². The monoisotopic (exact) mass is 610 g/mol. The van der Waals surface area contributed by atoms with Crippen LogP contribution in [0.5, 0.6) is 0 Å². The maximum atomic E-state index is 5.11. The highest BCUT2D eigenvalue weighted by atomic mass is 14.9. The zero-order valence-corrected chi connectivity index (χ0v) is 25.8. The van der Waals surface area contributed by atoms with Gasteiger partial charge in [0.05, 0.1) is 28.1 Å². The molecule has 222 valence electrons. The maximum absolute atomic E-state index is 5.11. The average molecular weight is 611 g/mol. The number of hydrogen-bond acceptors (Lipinski definition) is 4. The molecule has 0 N–H and O–H groups in total. The smallest absolute Gasteiger partial charge is 0.160 e. The largest absolute Gasteiger partial charge is 0.254 e. The minimum absolute atomic E-state index is 0.664. The molecule has 1 aliphatic rings. The molecule has 0 spiro atoms. The molecule has 6 aromatic carbocycles. The molecule has 9 aromatic rings. The van der Waals surface area contributed by atoms with Crippen molar-refractivity contribution < 1.29 is 0 Å². The van der Waals surface area contributed by atoms with Gasteiger partial charge in [0.1, 0.15) is 0 Å². The van der Waals surface area contributed by atoms with Crippen molar-refractivity contribution >= 4 is 32.6 Å². The van der Waals surface area contributed by atoms with Crippen LogP contribution in [0.4, 0.5) is 0 Å². The highest BCUT2D eigenvalue weighted by molar-refractivity contribution is 6.18. The van der Waals surface area contributed by atoms with Crippen molar-refractivity contribution in [3.05, 3.63) is 158 Å². The van der Waals surface area contributed by atoms with Gasteiger partial charge in [0.25, 0.3) is 0 Å². The van der Waals surface area contributed by atoms with E-state index in [0.29, 0.717) is 5.82 Å². The van der Waals surface area contributed by atoms with E-state index in [0.717, 1.165) is 50.0 Å². The first-order chi connectivity index (χ1) is 23.8. The number of hydrogen-bond donors (Lipinski definition) is 0. The van der Waals surface area contributed by atoms with Gasteiger partial charge in [0.2, 0.25) is 0 Å². The molecule has 0 aliphatic heterocycles. The summed E-state index contributed by atoms with van der Waals surface area (Å²) in [5.74, 6) is 0.664. The standard InChI is InChI=1S/C44H26N4/c1-2-8-31(9-3-1)44-47-39(26-40(48-44)38-24-21-30-20-19-29-10-7-25-45-42(29)43(30)46-38)28-17-15-27(16-18-28)32-22-23-37-34-12-5-4-11-33(34)36-14-6-13-35(32)41(36)37/h1-26H. The van der Waals surface area contributed by atoms with Gasteiger partial charge in [-0.15, -0.1) is 0 Å². The van der Waals surface area contributed by atoms with Crippen LogP contribution in [-0.4, -0.2) is 19.9 Å². The second-order valence-corrected chi connectivity index (χ2v) is 12.2. The second-order valence-electron chi connectivity index (χ2n) is 12.2. The van der Waals surface area contributed by atoms with Gasteiger partial charge < -0.3 is 0 Å². The lowest BCUT2D eigenvalue weighted by Crippen LogP contribution is -1.97. The minimum atomic E-state index is 0.664. The van der Waals surface area contributed by atoms with Crippen LogP contribution < -0.4 is 0 Å². The van der Waals surface area contributed by atoms with Crippen LogP contribution in [0.3, 0.4) is 0 Å². The van der Waals surface area contributed by atoms with E-state index in [-0.39, 0.29) is 0 Å². The molecule has 3 aromatic heterocycles. The molecule has 0 atom stereocenters. The van der Waals surface area contributed by atoms with Gasteiger partial charge in [-0.2, -0.15) is 0 Å². The van der Waals surface area contributed by atoms with Crippen LogP contribution in [0.15, 0.2) is 158 Å². The van der Waals surface area contributed by atoms with E-state index in [9.17, 15) is 0 Å². The van der Waals surface area contributed by atoms with Gasteiger partial charge in [0, 0.05) is 28.1 Å². The highest BCUT2D eigenvalue weighted by Crippen LogP contribution is 2.49. The van der Waals surface area contributed by atoms with Crippen molar-refractivity contribution in [3.8, 4) is 67.4 Å². The predicted molar refractivity (Wildman–Crippen MR) is 196 cm³/mol. The maximum Gasteiger partial charge on any atom is 0.160 e. The van der Waals surface area contributed by atoms with Gasteiger partial charge in [-0.3, -0.25) is 4.98 Å². The zero-order chi connectivity index (χ0) is 31.6. The Bertz CT molecular complexity index is 2690. The second kappa shape index (κ2) is 10.5. The molecule has 0 saturated carbocycles. The summed E-state index contributed by atoms with van der Waals surface area (Å²) in [6.45, 7) is 0. The van der Waals surface area contributed by atoms with E-state index in [4.69, 9.17) is 15.0 Å². The van der Waals surface area contributed by atoms with Gasteiger partial charge in [-0.05, 0) is 62.4 Å². The van der Waals surface area contributed by atoms with Gasteiger partial charge in [0.15, 0.2) is 5.82 Å². The van der Waals surface area contributed by atoms with Crippen molar-refractivity contribution in [1.29, 1.82) is 0 Å². The van der Waals surface area contributed by atoms with E-state index >= 15 is 0 Å². The van der Waals surface area contributed by atoms with Crippen LogP contribution >= 0.6 is 0 Å². The summed E-state index contributed by atoms with van der Waals surface area (Å²) >= 11 is 0. The summed E-state index contributed by atoms with van der Waals surface area (Å²) in [4.78, 5) is 19.9. The van der Waals surface area contributed by atoms with Gasteiger partial charge in [-0.25, -0.2) is 15.0 Å². The molecule has 4 nitrogen and oxygen atoms in total. The molecular weight excluding hydrogens is 585 g/mol. The summed E-state index contributed by atoms with van der Waals surface area (Å²) in [5, 5.41) is 4.71. The summed E-state index contributed by atoms with van der Waals surface area (Å²) < 4.78 is 0. The van der Waals surface area contributed by atoms with Crippen LogP contribution in [0.2, 0.25) is 0 Å². The third-order valence-electron chi connectivity index (χ3n) is 9.49. The number of nitrogens with zero attached hydrogens (tertiary/aromatic N) is 4. The Morgan fingerprint density at radius 1 is 0.354 bits per heavy atom. The minimum Gasteiger partial charge on any atom is -0.254 e. The average Bonchev–Trinajstić information content (AvgIpc) is 3.50. The molecule has 4 heteroatoms. The molecule has 0 bridgehead atoms. The third-order valence-corrected chi connectivity index (χ3v) is 9.49. The zero-order valence-electron chi connectivity index (χ0n) is 25.8. The van der Waals surface area contributed by atoms with Crippen LogP contribution in [0.25, 0.3) is 100.0 Å². The molecular formula is C44H26N4. The molecule has 0 amide bonds. The molecule has 48 heavy (non-hydrogen) atoms. The van der Waals surface area contributed by atoms with Crippen molar-refractivity contribution in [2.45, 2.75) is 0 Å². The summed E-state index contributed by atoms with van der Waals surface area (Å²) in [6.07, 6.45) is 1.82. The van der Waals surface area contributed by atoms with Crippen LogP contribution in [-0.2, 0) is 0 Å². The van der Waals surface area contributed by atoms with Crippen molar-refractivity contribution in [2.75, 3.05) is 0 Å². The van der Waals surface area contributed by atoms with E-state index in [1.165, 1.54) is 44.2 Å². The Kier molecular flexibility index (Phi) is 5.84. The molecule has 0 saturated heterocycles. The first-order valence-corrected chi connectivity index (χ1v) is 16.1. The van der Waals surface area contributed by atoms with E-state index in [1.54, 1.807) is 0 Å². The lowest BCUT2D eigenvalue weighted by Gasteiger charge is -2.12. The van der Waals surface area contributed by atoms with E-state index in [2.05, 4.69) is 108 Å².